The number of hydrogen-bond acceptors (Lipinski definition) is 3. The molecule has 1 unspecified atom stereocenters. The molecule has 0 spiro atoms. The van der Waals surface area contributed by atoms with Gasteiger partial charge in [0.2, 0.25) is 0 Å². The first-order chi connectivity index (χ1) is 10.1. The second kappa shape index (κ2) is 7.06. The van der Waals surface area contributed by atoms with Gasteiger partial charge in [-0.1, -0.05) is 41.9 Å². The highest BCUT2D eigenvalue weighted by atomic mass is 35.5. The summed E-state index contributed by atoms with van der Waals surface area (Å²) in [6, 6.07) is 9.94. The third-order valence-corrected chi connectivity index (χ3v) is 3.48. The Morgan fingerprint density at radius 1 is 1.33 bits per heavy atom. The zero-order valence-electron chi connectivity index (χ0n) is 11.5. The van der Waals surface area contributed by atoms with Gasteiger partial charge in [0.15, 0.2) is 0 Å². The fraction of sp³-hybridized carbons (Fsp3) is 0.200. The number of carbonyl (C=O) groups excluding carboxylic acids is 1. The average molecular weight is 306 g/mol. The quantitative estimate of drug-likeness (QED) is 0.813. The maximum atomic E-state index is 12.0. The fourth-order valence-corrected chi connectivity index (χ4v) is 2.04. The van der Waals surface area contributed by atoms with Crippen molar-refractivity contribution in [3.05, 3.63) is 58.9 Å². The highest BCUT2D eigenvalue weighted by molar-refractivity contribution is 6.34. The minimum absolute atomic E-state index is 0.194. The zero-order chi connectivity index (χ0) is 15.2. The van der Waals surface area contributed by atoms with Crippen LogP contribution in [0.2, 0.25) is 5.02 Å². The lowest BCUT2D eigenvalue weighted by Crippen LogP contribution is -2.34. The molecule has 0 radical (unpaired) electrons. The first-order valence-corrected chi connectivity index (χ1v) is 6.84. The minimum atomic E-state index is -0.479. The molecule has 0 saturated heterocycles. The molecule has 3 N–H and O–H groups in total. The Morgan fingerprint density at radius 2 is 2.05 bits per heavy atom. The number of halogens is 1. The number of hydrogen-bond donors (Lipinski definition) is 3. The Kier molecular flexibility index (Phi) is 5.14. The third kappa shape index (κ3) is 3.93. The SMILES string of the molecule is Cc1nccc(NC(=O)NC(CO)c2ccccc2)c1Cl. The molecule has 1 aromatic heterocycles. The number of carbonyl (C=O) groups is 1. The van der Waals surface area contributed by atoms with Crippen molar-refractivity contribution in [3.8, 4) is 0 Å². The first-order valence-electron chi connectivity index (χ1n) is 6.46. The van der Waals surface area contributed by atoms with E-state index in [0.717, 1.165) is 5.56 Å². The summed E-state index contributed by atoms with van der Waals surface area (Å²) in [5.41, 5.74) is 1.94. The zero-order valence-corrected chi connectivity index (χ0v) is 12.3. The Morgan fingerprint density at radius 3 is 2.71 bits per heavy atom. The van der Waals surface area contributed by atoms with Gasteiger partial charge in [-0.3, -0.25) is 4.98 Å². The number of anilines is 1. The molecule has 0 fully saturated rings. The Labute approximate surface area is 128 Å². The molecule has 6 heteroatoms. The Bertz CT molecular complexity index is 620. The van der Waals surface area contributed by atoms with Crippen molar-refractivity contribution in [2.24, 2.45) is 0 Å². The molecule has 2 rings (SSSR count). The van der Waals surface area contributed by atoms with E-state index in [2.05, 4.69) is 15.6 Å². The summed E-state index contributed by atoms with van der Waals surface area (Å²) in [5.74, 6) is 0. The molecule has 1 aromatic carbocycles. The van der Waals surface area contributed by atoms with Gasteiger partial charge in [0.1, 0.15) is 0 Å². The molecule has 5 nitrogen and oxygen atoms in total. The number of nitrogens with one attached hydrogen (secondary N) is 2. The van der Waals surface area contributed by atoms with Crippen molar-refractivity contribution < 1.29 is 9.90 Å². The molecule has 0 aliphatic heterocycles. The summed E-state index contributed by atoms with van der Waals surface area (Å²) in [7, 11) is 0. The van der Waals surface area contributed by atoms with Crippen LogP contribution in [0.1, 0.15) is 17.3 Å². The van der Waals surface area contributed by atoms with Gasteiger partial charge < -0.3 is 15.7 Å². The highest BCUT2D eigenvalue weighted by Crippen LogP contribution is 2.23. The van der Waals surface area contributed by atoms with Gasteiger partial charge in [-0.15, -0.1) is 0 Å². The molecule has 110 valence electrons. The van der Waals surface area contributed by atoms with Crippen LogP contribution in [0, 0.1) is 6.92 Å². The maximum Gasteiger partial charge on any atom is 0.319 e. The van der Waals surface area contributed by atoms with Crippen molar-refractivity contribution >= 4 is 23.3 Å². The summed E-state index contributed by atoms with van der Waals surface area (Å²) >= 11 is 6.07. The van der Waals surface area contributed by atoms with E-state index < -0.39 is 12.1 Å². The van der Waals surface area contributed by atoms with Gasteiger partial charge in [-0.2, -0.15) is 0 Å². The van der Waals surface area contributed by atoms with Crippen LogP contribution < -0.4 is 10.6 Å². The number of pyridine rings is 1. The Hall–Kier alpha value is -2.11. The summed E-state index contributed by atoms with van der Waals surface area (Å²) in [6.07, 6.45) is 1.57. The first kappa shape index (κ1) is 15.3. The van der Waals surface area contributed by atoms with E-state index in [1.54, 1.807) is 19.2 Å². The predicted octanol–water partition coefficient (Wildman–Crippen LogP) is 2.90. The molecule has 0 aliphatic carbocycles. The summed E-state index contributed by atoms with van der Waals surface area (Å²) in [5, 5.41) is 15.2. The molecule has 21 heavy (non-hydrogen) atoms. The van der Waals surface area contributed by atoms with Crippen molar-refractivity contribution in [1.82, 2.24) is 10.3 Å². The lowest BCUT2D eigenvalue weighted by molar-refractivity contribution is 0.225. The molecule has 1 atom stereocenters. The molecule has 0 saturated carbocycles. The van der Waals surface area contributed by atoms with Crippen LogP contribution in [-0.2, 0) is 0 Å². The molecule has 0 aliphatic rings. The van der Waals surface area contributed by atoms with E-state index in [1.165, 1.54) is 0 Å². The van der Waals surface area contributed by atoms with E-state index in [9.17, 15) is 9.90 Å². The monoisotopic (exact) mass is 305 g/mol. The predicted molar refractivity (Wildman–Crippen MR) is 82.4 cm³/mol. The summed E-state index contributed by atoms with van der Waals surface area (Å²) in [6.45, 7) is 1.56. The van der Waals surface area contributed by atoms with Crippen molar-refractivity contribution in [2.75, 3.05) is 11.9 Å². The van der Waals surface area contributed by atoms with Crippen molar-refractivity contribution in [1.29, 1.82) is 0 Å². The lowest BCUT2D eigenvalue weighted by atomic mass is 10.1. The summed E-state index contributed by atoms with van der Waals surface area (Å²) < 4.78 is 0. The van der Waals surface area contributed by atoms with Crippen molar-refractivity contribution in [3.63, 3.8) is 0 Å². The van der Waals surface area contributed by atoms with Gasteiger partial charge >= 0.3 is 6.03 Å². The van der Waals surface area contributed by atoms with Crippen LogP contribution in [0.5, 0.6) is 0 Å². The molecule has 0 bridgehead atoms. The second-order valence-corrected chi connectivity index (χ2v) is 4.88. The number of amides is 2. The fourth-order valence-electron chi connectivity index (χ4n) is 1.88. The number of rotatable bonds is 4. The molecule has 2 amide bonds. The van der Waals surface area contributed by atoms with Crippen LogP contribution in [0.3, 0.4) is 0 Å². The van der Waals surface area contributed by atoms with Crippen molar-refractivity contribution in [2.45, 2.75) is 13.0 Å². The van der Waals surface area contributed by atoms with E-state index in [0.29, 0.717) is 16.4 Å². The number of aromatic nitrogens is 1. The highest BCUT2D eigenvalue weighted by Gasteiger charge is 2.14. The smallest absolute Gasteiger partial charge is 0.319 e. The minimum Gasteiger partial charge on any atom is -0.394 e. The normalized spacial score (nSPS) is 11.8. The second-order valence-electron chi connectivity index (χ2n) is 4.50. The number of nitrogens with zero attached hydrogens (tertiary/aromatic N) is 1. The van der Waals surface area contributed by atoms with Crippen LogP contribution >= 0.6 is 11.6 Å². The van der Waals surface area contributed by atoms with Crippen LogP contribution in [0.25, 0.3) is 0 Å². The summed E-state index contributed by atoms with van der Waals surface area (Å²) in [4.78, 5) is 16.0. The maximum absolute atomic E-state index is 12.0. The number of aryl methyl sites for hydroxylation is 1. The van der Waals surface area contributed by atoms with E-state index in [4.69, 9.17) is 11.6 Å². The van der Waals surface area contributed by atoms with Gasteiger partial charge in [-0.05, 0) is 18.6 Å². The number of aliphatic hydroxyl groups excluding tert-OH is 1. The number of aliphatic hydroxyl groups is 1. The van der Waals surface area contributed by atoms with Crippen LogP contribution in [-0.4, -0.2) is 22.7 Å². The van der Waals surface area contributed by atoms with E-state index in [-0.39, 0.29) is 6.61 Å². The van der Waals surface area contributed by atoms with Gasteiger partial charge in [-0.25, -0.2) is 4.79 Å². The number of urea groups is 1. The van der Waals surface area contributed by atoms with Gasteiger partial charge in [0.05, 0.1) is 29.1 Å². The van der Waals surface area contributed by atoms with Gasteiger partial charge in [0, 0.05) is 6.20 Å². The average Bonchev–Trinajstić information content (AvgIpc) is 2.50. The van der Waals surface area contributed by atoms with E-state index >= 15 is 0 Å². The van der Waals surface area contributed by atoms with Crippen LogP contribution in [0.4, 0.5) is 10.5 Å². The Balaban J connectivity index is 2.05. The number of benzene rings is 1. The van der Waals surface area contributed by atoms with Crippen LogP contribution in [0.15, 0.2) is 42.6 Å². The largest absolute Gasteiger partial charge is 0.394 e. The lowest BCUT2D eigenvalue weighted by Gasteiger charge is -2.17. The topological polar surface area (TPSA) is 74.2 Å². The standard InChI is InChI=1S/C15H16ClN3O2/c1-10-14(16)12(7-8-17-10)18-15(21)19-13(9-20)11-5-3-2-4-6-11/h2-8,13,20H,9H2,1H3,(H2,17,18,19,21). The van der Waals surface area contributed by atoms with Gasteiger partial charge in [0.25, 0.3) is 0 Å². The molecule has 1 heterocycles. The molecular weight excluding hydrogens is 290 g/mol. The van der Waals surface area contributed by atoms with E-state index in [1.807, 2.05) is 30.3 Å². The molecular formula is C15H16ClN3O2. The third-order valence-electron chi connectivity index (χ3n) is 3.00. The molecule has 2 aromatic rings.